The molecule has 0 bridgehead atoms. The molecule has 0 aliphatic rings. The van der Waals surface area contributed by atoms with Gasteiger partial charge in [0.25, 0.3) is 0 Å². The summed E-state index contributed by atoms with van der Waals surface area (Å²) in [6, 6.07) is 0. The van der Waals surface area contributed by atoms with Gasteiger partial charge in [-0.05, 0) is 32.8 Å². The summed E-state index contributed by atoms with van der Waals surface area (Å²) in [6.07, 6.45) is 4.26. The third kappa shape index (κ3) is 8.97. The lowest BCUT2D eigenvalue weighted by molar-refractivity contribution is -0.139. The zero-order chi connectivity index (χ0) is 11.0. The lowest BCUT2D eigenvalue weighted by Crippen LogP contribution is -1.98. The smallest absolute Gasteiger partial charge is 0.302 e. The summed E-state index contributed by atoms with van der Waals surface area (Å²) < 4.78 is 4.76. The van der Waals surface area contributed by atoms with E-state index >= 15 is 0 Å². The largest absolute Gasteiger partial charge is 0.462 e. The van der Waals surface area contributed by atoms with Gasteiger partial charge < -0.3 is 9.53 Å². The van der Waals surface area contributed by atoms with Gasteiger partial charge in [-0.25, -0.2) is 0 Å². The van der Waals surface area contributed by atoms with Crippen molar-refractivity contribution in [2.75, 3.05) is 6.61 Å². The van der Waals surface area contributed by atoms with Crippen molar-refractivity contribution in [3.8, 4) is 0 Å². The molecule has 0 rings (SSSR count). The van der Waals surface area contributed by atoms with Crippen LogP contribution in [0.3, 0.4) is 0 Å². The Labute approximate surface area is 85.1 Å². The molecule has 0 fully saturated rings. The lowest BCUT2D eigenvalue weighted by atomic mass is 10.1. The van der Waals surface area contributed by atoms with Crippen molar-refractivity contribution in [1.82, 2.24) is 0 Å². The lowest BCUT2D eigenvalue weighted by Gasteiger charge is -2.00. The molecule has 0 spiro atoms. The van der Waals surface area contributed by atoms with E-state index < -0.39 is 0 Å². The molecule has 0 atom stereocenters. The second-order valence-electron chi connectivity index (χ2n) is 3.41. The van der Waals surface area contributed by atoms with E-state index in [4.69, 9.17) is 4.74 Å². The third-order valence-corrected chi connectivity index (χ3v) is 1.82. The minimum Gasteiger partial charge on any atom is -0.462 e. The molecule has 0 radical (unpaired) electrons. The molecule has 3 heteroatoms. The molecular weight excluding hydrogens is 180 g/mol. The standard InChI is InChI=1S/C11H18O3/c1-9(5-4-6-10(2)12)7-8-14-11(3)13/h7H,4-6,8H2,1-3H3. The zero-order valence-corrected chi connectivity index (χ0v) is 9.13. The fourth-order valence-corrected chi connectivity index (χ4v) is 1.02. The topological polar surface area (TPSA) is 43.4 Å². The number of rotatable bonds is 6. The molecule has 3 nitrogen and oxygen atoms in total. The number of hydrogen-bond donors (Lipinski definition) is 0. The van der Waals surface area contributed by atoms with E-state index in [0.717, 1.165) is 18.4 Å². The molecule has 0 aromatic carbocycles. The van der Waals surface area contributed by atoms with Gasteiger partial charge in [0.1, 0.15) is 12.4 Å². The van der Waals surface area contributed by atoms with Gasteiger partial charge in [0.05, 0.1) is 0 Å². The summed E-state index contributed by atoms with van der Waals surface area (Å²) in [6.45, 7) is 5.29. The molecule has 0 heterocycles. The number of Topliss-reactive ketones (excluding diaryl/α,β-unsaturated/α-hetero) is 1. The molecule has 0 N–H and O–H groups in total. The van der Waals surface area contributed by atoms with Gasteiger partial charge in [0.15, 0.2) is 0 Å². The monoisotopic (exact) mass is 198 g/mol. The van der Waals surface area contributed by atoms with Crippen LogP contribution in [0.5, 0.6) is 0 Å². The van der Waals surface area contributed by atoms with Gasteiger partial charge in [-0.15, -0.1) is 0 Å². The van der Waals surface area contributed by atoms with Crippen LogP contribution in [0, 0.1) is 0 Å². The highest BCUT2D eigenvalue weighted by molar-refractivity contribution is 5.75. The van der Waals surface area contributed by atoms with E-state index in [-0.39, 0.29) is 11.8 Å². The first-order valence-electron chi connectivity index (χ1n) is 4.81. The maximum atomic E-state index is 10.6. The van der Waals surface area contributed by atoms with Crippen molar-refractivity contribution in [2.24, 2.45) is 0 Å². The van der Waals surface area contributed by atoms with Crippen molar-refractivity contribution >= 4 is 11.8 Å². The van der Waals surface area contributed by atoms with Crippen LogP contribution in [-0.2, 0) is 14.3 Å². The second-order valence-corrected chi connectivity index (χ2v) is 3.41. The van der Waals surface area contributed by atoms with Crippen LogP contribution in [0.15, 0.2) is 11.6 Å². The SMILES string of the molecule is CC(=O)CCCC(C)=CCOC(C)=O. The van der Waals surface area contributed by atoms with E-state index in [1.165, 1.54) is 6.92 Å². The number of ether oxygens (including phenoxy) is 1. The molecule has 80 valence electrons. The Morgan fingerprint density at radius 2 is 1.79 bits per heavy atom. The van der Waals surface area contributed by atoms with Crippen LogP contribution in [-0.4, -0.2) is 18.4 Å². The molecule has 0 saturated carbocycles. The van der Waals surface area contributed by atoms with Crippen LogP contribution in [0.25, 0.3) is 0 Å². The van der Waals surface area contributed by atoms with Crippen LogP contribution in [0.2, 0.25) is 0 Å². The van der Waals surface area contributed by atoms with Gasteiger partial charge in [0, 0.05) is 13.3 Å². The number of esters is 1. The number of carbonyl (C=O) groups is 2. The molecule has 0 unspecified atom stereocenters. The molecular formula is C11H18O3. The predicted molar refractivity (Wildman–Crippen MR) is 54.9 cm³/mol. The molecule has 14 heavy (non-hydrogen) atoms. The van der Waals surface area contributed by atoms with Crippen LogP contribution >= 0.6 is 0 Å². The van der Waals surface area contributed by atoms with E-state index in [2.05, 4.69) is 0 Å². The van der Waals surface area contributed by atoms with Gasteiger partial charge >= 0.3 is 5.97 Å². The fourth-order valence-electron chi connectivity index (χ4n) is 1.02. The normalized spacial score (nSPS) is 11.2. The highest BCUT2D eigenvalue weighted by atomic mass is 16.5. The molecule has 0 aromatic rings. The zero-order valence-electron chi connectivity index (χ0n) is 9.13. The molecule has 0 aliphatic heterocycles. The summed E-state index contributed by atoms with van der Waals surface area (Å²) in [5, 5.41) is 0. The van der Waals surface area contributed by atoms with E-state index in [9.17, 15) is 9.59 Å². The van der Waals surface area contributed by atoms with Crippen molar-refractivity contribution in [3.63, 3.8) is 0 Å². The van der Waals surface area contributed by atoms with Gasteiger partial charge in [-0.2, -0.15) is 0 Å². The number of carbonyl (C=O) groups excluding carboxylic acids is 2. The average Bonchev–Trinajstić information content (AvgIpc) is 2.02. The van der Waals surface area contributed by atoms with E-state index in [1.54, 1.807) is 6.92 Å². The number of hydrogen-bond acceptors (Lipinski definition) is 3. The number of ketones is 1. The second kappa shape index (κ2) is 7.30. The van der Waals surface area contributed by atoms with Crippen LogP contribution in [0.1, 0.15) is 40.0 Å². The Kier molecular flexibility index (Phi) is 6.72. The minimum absolute atomic E-state index is 0.220. The maximum absolute atomic E-state index is 10.6. The quantitative estimate of drug-likeness (QED) is 0.485. The van der Waals surface area contributed by atoms with Crippen LogP contribution in [0.4, 0.5) is 0 Å². The molecule has 0 saturated heterocycles. The first kappa shape index (κ1) is 12.9. The Hall–Kier alpha value is -1.12. The Balaban J connectivity index is 3.56. The maximum Gasteiger partial charge on any atom is 0.302 e. The molecule has 0 amide bonds. The van der Waals surface area contributed by atoms with E-state index in [0.29, 0.717) is 13.0 Å². The van der Waals surface area contributed by atoms with Crippen LogP contribution < -0.4 is 0 Å². The first-order chi connectivity index (χ1) is 6.52. The predicted octanol–water partition coefficient (Wildman–Crippen LogP) is 2.26. The summed E-state index contributed by atoms with van der Waals surface area (Å²) in [5.41, 5.74) is 1.16. The van der Waals surface area contributed by atoms with Crippen molar-refractivity contribution in [2.45, 2.75) is 40.0 Å². The van der Waals surface area contributed by atoms with Gasteiger partial charge in [-0.3, -0.25) is 4.79 Å². The van der Waals surface area contributed by atoms with Gasteiger partial charge in [-0.1, -0.05) is 5.57 Å². The number of allylic oxidation sites excluding steroid dienone is 1. The fraction of sp³-hybridized carbons (Fsp3) is 0.636. The summed E-state index contributed by atoms with van der Waals surface area (Å²) in [4.78, 5) is 21.1. The average molecular weight is 198 g/mol. The highest BCUT2D eigenvalue weighted by Crippen LogP contribution is 2.06. The summed E-state index contributed by atoms with van der Waals surface area (Å²) >= 11 is 0. The molecule has 0 aliphatic carbocycles. The Bertz CT molecular complexity index is 229. The Morgan fingerprint density at radius 3 is 2.29 bits per heavy atom. The summed E-state index contributed by atoms with van der Waals surface area (Å²) in [5.74, 6) is -0.0458. The van der Waals surface area contributed by atoms with Crippen molar-refractivity contribution in [1.29, 1.82) is 0 Å². The Morgan fingerprint density at radius 1 is 1.14 bits per heavy atom. The van der Waals surface area contributed by atoms with E-state index in [1.807, 2.05) is 13.0 Å². The van der Waals surface area contributed by atoms with Gasteiger partial charge in [0.2, 0.25) is 0 Å². The first-order valence-corrected chi connectivity index (χ1v) is 4.81. The van der Waals surface area contributed by atoms with Crippen molar-refractivity contribution in [3.05, 3.63) is 11.6 Å². The third-order valence-electron chi connectivity index (χ3n) is 1.82. The highest BCUT2D eigenvalue weighted by Gasteiger charge is 1.95. The molecule has 0 aromatic heterocycles. The summed E-state index contributed by atoms with van der Waals surface area (Å²) in [7, 11) is 0. The van der Waals surface area contributed by atoms with Crippen molar-refractivity contribution < 1.29 is 14.3 Å². The minimum atomic E-state index is -0.266.